The van der Waals surface area contributed by atoms with Crippen molar-refractivity contribution in [2.24, 2.45) is 0 Å². The van der Waals surface area contributed by atoms with Gasteiger partial charge in [-0.05, 0) is 22.0 Å². The Labute approximate surface area is 176 Å². The third kappa shape index (κ3) is 5.56. The van der Waals surface area contributed by atoms with Crippen LogP contribution in [-0.2, 0) is 15.8 Å². The van der Waals surface area contributed by atoms with Crippen LogP contribution in [-0.4, -0.2) is 42.7 Å². The fourth-order valence-corrected chi connectivity index (χ4v) is 4.82. The number of anilines is 1. The van der Waals surface area contributed by atoms with Gasteiger partial charge in [0.15, 0.2) is 32.2 Å². The molecule has 3 rings (SSSR count). The summed E-state index contributed by atoms with van der Waals surface area (Å²) in [4.78, 5) is 13.0. The molecule has 28 heavy (non-hydrogen) atoms. The monoisotopic (exact) mass is 509 g/mol. The van der Waals surface area contributed by atoms with Gasteiger partial charge < -0.3 is 5.32 Å². The molecule has 0 radical (unpaired) electrons. The number of fused-ring (bicyclic) bond motifs is 1. The van der Waals surface area contributed by atoms with E-state index in [9.17, 15) is 17.2 Å². The highest BCUT2D eigenvalue weighted by Crippen LogP contribution is 2.32. The highest BCUT2D eigenvalue weighted by atomic mass is 79.9. The molecule has 13 heteroatoms. The minimum atomic E-state index is -3.28. The molecule has 7 nitrogen and oxygen atoms in total. The molecule has 0 saturated heterocycles. The summed E-state index contributed by atoms with van der Waals surface area (Å²) in [6.45, 7) is 0.485. The Morgan fingerprint density at radius 2 is 2.00 bits per heavy atom. The van der Waals surface area contributed by atoms with E-state index < -0.39 is 21.7 Å². The zero-order valence-electron chi connectivity index (χ0n) is 14.4. The molecule has 0 aliphatic heterocycles. The molecule has 0 unspecified atom stereocenters. The first-order valence-corrected chi connectivity index (χ1v) is 12.3. The van der Waals surface area contributed by atoms with E-state index in [0.717, 1.165) is 24.1 Å². The first-order valence-electron chi connectivity index (χ1n) is 7.81. The summed E-state index contributed by atoms with van der Waals surface area (Å²) in [6.07, 6.45) is 1.08. The lowest BCUT2D eigenvalue weighted by molar-refractivity contribution is 0.502. The van der Waals surface area contributed by atoms with Gasteiger partial charge in [-0.25, -0.2) is 36.9 Å². The number of thiazole rings is 1. The van der Waals surface area contributed by atoms with Crippen molar-refractivity contribution in [2.75, 3.05) is 24.7 Å². The molecule has 3 aromatic rings. The molecule has 0 saturated carbocycles. The smallest absolute Gasteiger partial charge is 0.208 e. The highest BCUT2D eigenvalue weighted by molar-refractivity contribution is 9.11. The summed E-state index contributed by atoms with van der Waals surface area (Å²) in [5, 5.41) is 3.40. The zero-order chi connectivity index (χ0) is 20.3. The second-order valence-corrected chi connectivity index (χ2v) is 10.6. The third-order valence-corrected chi connectivity index (χ3v) is 6.50. The fourth-order valence-electron chi connectivity index (χ4n) is 2.18. The molecule has 0 bridgehead atoms. The summed E-state index contributed by atoms with van der Waals surface area (Å²) in [5.74, 6) is -1.16. The summed E-state index contributed by atoms with van der Waals surface area (Å²) in [7, 11) is -3.28. The van der Waals surface area contributed by atoms with Crippen LogP contribution in [0.25, 0.3) is 10.3 Å². The van der Waals surface area contributed by atoms with Gasteiger partial charge in [-0.1, -0.05) is 23.9 Å². The van der Waals surface area contributed by atoms with E-state index in [0.29, 0.717) is 31.8 Å². The van der Waals surface area contributed by atoms with Crippen molar-refractivity contribution in [1.29, 1.82) is 0 Å². The number of rotatable bonds is 8. The molecule has 150 valence electrons. The quantitative estimate of drug-likeness (QED) is 0.273. The molecule has 0 fully saturated rings. The van der Waals surface area contributed by atoms with E-state index in [1.165, 1.54) is 23.5 Å². The minimum absolute atomic E-state index is 0.148. The summed E-state index contributed by atoms with van der Waals surface area (Å²) < 4.78 is 53.2. The predicted molar refractivity (Wildman–Crippen MR) is 110 cm³/mol. The molecule has 2 aromatic heterocycles. The molecule has 2 heterocycles. The Balaban J connectivity index is 1.78. The van der Waals surface area contributed by atoms with Crippen molar-refractivity contribution in [1.82, 2.24) is 19.7 Å². The van der Waals surface area contributed by atoms with Gasteiger partial charge in [0.05, 0.1) is 6.26 Å². The Morgan fingerprint density at radius 1 is 1.21 bits per heavy atom. The highest BCUT2D eigenvalue weighted by Gasteiger charge is 2.14. The number of hydrogen-bond acceptors (Lipinski definition) is 8. The van der Waals surface area contributed by atoms with E-state index in [2.05, 4.69) is 40.9 Å². The second-order valence-electron chi connectivity index (χ2n) is 5.57. The molecule has 0 aliphatic carbocycles. The van der Waals surface area contributed by atoms with Crippen LogP contribution < -0.4 is 10.0 Å². The number of nitrogens with zero attached hydrogens (tertiary/aromatic N) is 3. The topological polar surface area (TPSA) is 96.9 Å². The maximum Gasteiger partial charge on any atom is 0.208 e. The van der Waals surface area contributed by atoms with Crippen LogP contribution >= 0.6 is 39.0 Å². The zero-order valence-corrected chi connectivity index (χ0v) is 18.4. The van der Waals surface area contributed by atoms with Gasteiger partial charge in [0, 0.05) is 24.4 Å². The van der Waals surface area contributed by atoms with Gasteiger partial charge in [0.2, 0.25) is 10.0 Å². The summed E-state index contributed by atoms with van der Waals surface area (Å²) in [5.41, 5.74) is 0.660. The molecule has 2 N–H and O–H groups in total. The Hall–Kier alpha value is -1.41. The first kappa shape index (κ1) is 21.3. The van der Waals surface area contributed by atoms with Crippen molar-refractivity contribution in [3.63, 3.8) is 0 Å². The van der Waals surface area contributed by atoms with Gasteiger partial charge in [0.1, 0.15) is 4.70 Å². The van der Waals surface area contributed by atoms with E-state index in [4.69, 9.17) is 0 Å². The number of sulfonamides is 1. The van der Waals surface area contributed by atoms with Crippen molar-refractivity contribution in [2.45, 2.75) is 10.9 Å². The number of halogens is 3. The van der Waals surface area contributed by atoms with Gasteiger partial charge >= 0.3 is 0 Å². The molecular weight excluding hydrogens is 496 g/mol. The largest absolute Gasteiger partial charge is 0.367 e. The normalized spacial score (nSPS) is 11.9. The maximum atomic E-state index is 13.8. The van der Waals surface area contributed by atoms with E-state index >= 15 is 0 Å². The summed E-state index contributed by atoms with van der Waals surface area (Å²) in [6, 6.07) is 4.00. The van der Waals surface area contributed by atoms with Crippen molar-refractivity contribution in [3.05, 3.63) is 39.3 Å². The van der Waals surface area contributed by atoms with Crippen molar-refractivity contribution < 1.29 is 17.2 Å². The third-order valence-electron chi connectivity index (χ3n) is 3.38. The fraction of sp³-hybridized carbons (Fsp3) is 0.267. The van der Waals surface area contributed by atoms with Crippen LogP contribution in [0.15, 0.2) is 27.3 Å². The minimum Gasteiger partial charge on any atom is -0.367 e. The van der Waals surface area contributed by atoms with Crippen LogP contribution in [0.5, 0.6) is 0 Å². The van der Waals surface area contributed by atoms with E-state index in [1.54, 1.807) is 0 Å². The lowest BCUT2D eigenvalue weighted by Crippen LogP contribution is -2.27. The van der Waals surface area contributed by atoms with Crippen LogP contribution in [0.2, 0.25) is 0 Å². The molecule has 0 atom stereocenters. The number of nitrogens with one attached hydrogen (secondary N) is 2. The first-order chi connectivity index (χ1) is 13.2. The van der Waals surface area contributed by atoms with Gasteiger partial charge in [0.25, 0.3) is 0 Å². The lowest BCUT2D eigenvalue weighted by atomic mass is 10.2. The number of hydrogen-bond donors (Lipinski definition) is 2. The van der Waals surface area contributed by atoms with E-state index in [1.807, 2.05) is 0 Å². The van der Waals surface area contributed by atoms with E-state index in [-0.39, 0.29) is 17.9 Å². The molecule has 0 amide bonds. The average Bonchev–Trinajstić information content (AvgIpc) is 2.99. The van der Waals surface area contributed by atoms with Crippen LogP contribution in [0.4, 0.5) is 14.6 Å². The van der Waals surface area contributed by atoms with Crippen molar-refractivity contribution in [3.8, 4) is 0 Å². The predicted octanol–water partition coefficient (Wildman–Crippen LogP) is 3.38. The molecule has 1 aromatic carbocycles. The Morgan fingerprint density at radius 3 is 2.75 bits per heavy atom. The standard InChI is InChI=1S/C15H14BrF2N5O2S3/c1-28(24,25)20-6-5-19-12-11-13(21-14(16)27-11)23-15(22-12)26-7-8-3-2-4-9(17)10(8)18/h2-4,20H,5-7H2,1H3,(H,19,22,23). The van der Waals surface area contributed by atoms with Gasteiger partial charge in [-0.2, -0.15) is 0 Å². The van der Waals surface area contributed by atoms with Crippen LogP contribution in [0, 0.1) is 11.6 Å². The Bertz CT molecular complexity index is 1110. The average molecular weight is 510 g/mol. The number of thioether (sulfide) groups is 1. The van der Waals surface area contributed by atoms with Crippen molar-refractivity contribution >= 4 is 65.2 Å². The SMILES string of the molecule is CS(=O)(=O)NCCNc1nc(SCc2cccc(F)c2F)nc2nc(Br)sc12. The van der Waals surface area contributed by atoms with Gasteiger partial charge in [-0.15, -0.1) is 11.3 Å². The second kappa shape index (κ2) is 8.95. The molecule has 0 aliphatic rings. The summed E-state index contributed by atoms with van der Waals surface area (Å²) >= 11 is 5.78. The Kier molecular flexibility index (Phi) is 6.81. The van der Waals surface area contributed by atoms with Crippen LogP contribution in [0.1, 0.15) is 5.56 Å². The van der Waals surface area contributed by atoms with Gasteiger partial charge in [-0.3, -0.25) is 0 Å². The number of benzene rings is 1. The molecule has 0 spiro atoms. The lowest BCUT2D eigenvalue weighted by Gasteiger charge is -2.08. The number of aromatic nitrogens is 3. The van der Waals surface area contributed by atoms with Crippen LogP contribution in [0.3, 0.4) is 0 Å². The molecular formula is C15H14BrF2N5O2S3. The maximum absolute atomic E-state index is 13.8.